The number of fused-ring (bicyclic) bond motifs is 1. The molecule has 0 saturated heterocycles. The predicted octanol–water partition coefficient (Wildman–Crippen LogP) is 3.70. The van der Waals surface area contributed by atoms with Crippen LogP contribution in [0, 0.1) is 11.8 Å². The number of rotatable bonds is 2. The Balaban J connectivity index is 2.07. The van der Waals surface area contributed by atoms with Crippen molar-refractivity contribution in [3.8, 4) is 17.6 Å². The molecule has 3 aromatic rings. The Hall–Kier alpha value is -1.67. The molecule has 0 saturated carbocycles. The van der Waals surface area contributed by atoms with Gasteiger partial charge in [0, 0.05) is 0 Å². The second kappa shape index (κ2) is 6.19. The van der Waals surface area contributed by atoms with Crippen molar-refractivity contribution in [3.63, 3.8) is 0 Å². The van der Waals surface area contributed by atoms with E-state index in [9.17, 15) is 0 Å². The molecule has 0 aliphatic rings. The molecule has 20 heavy (non-hydrogen) atoms. The SMILES string of the molecule is CCOc1c(C#Cc2ccccc2)[te]c2ccccc12. The molecule has 0 aliphatic heterocycles. The van der Waals surface area contributed by atoms with Crippen LogP contribution in [0.25, 0.3) is 8.79 Å². The Labute approximate surface area is 128 Å². The molecule has 1 nitrogen and oxygen atoms in total. The van der Waals surface area contributed by atoms with Crippen LogP contribution < -0.4 is 4.74 Å². The van der Waals surface area contributed by atoms with E-state index in [-0.39, 0.29) is 0 Å². The van der Waals surface area contributed by atoms with Gasteiger partial charge in [-0.25, -0.2) is 0 Å². The summed E-state index contributed by atoms with van der Waals surface area (Å²) < 4.78 is 8.48. The molecule has 0 amide bonds. The fraction of sp³-hybridized carbons (Fsp3) is 0.111. The van der Waals surface area contributed by atoms with Crippen LogP contribution in [0.2, 0.25) is 0 Å². The standard InChI is InChI=1S/C18H14OTe/c1-2-19-18-15-10-6-7-11-16(15)20-17(18)13-12-14-8-4-3-5-9-14/h3-11H,2H2,1H3. The van der Waals surface area contributed by atoms with Gasteiger partial charge >= 0.3 is 129 Å². The summed E-state index contributed by atoms with van der Waals surface area (Å²) in [6, 6.07) is 18.6. The summed E-state index contributed by atoms with van der Waals surface area (Å²) in [6.07, 6.45) is 0. The van der Waals surface area contributed by atoms with Gasteiger partial charge in [-0.15, -0.1) is 0 Å². The van der Waals surface area contributed by atoms with E-state index in [1.807, 2.05) is 37.3 Å². The maximum atomic E-state index is 5.84. The minimum absolute atomic E-state index is 0.410. The molecular formula is C18H14OTe. The summed E-state index contributed by atoms with van der Waals surface area (Å²) in [5.41, 5.74) is 1.05. The third kappa shape index (κ3) is 2.75. The van der Waals surface area contributed by atoms with Crippen molar-refractivity contribution in [1.29, 1.82) is 0 Å². The van der Waals surface area contributed by atoms with Gasteiger partial charge in [0.25, 0.3) is 0 Å². The molecule has 0 fully saturated rings. The molecule has 0 spiro atoms. The number of hydrogen-bond donors (Lipinski definition) is 0. The molecule has 1 heterocycles. The third-order valence-corrected chi connectivity index (χ3v) is 5.98. The monoisotopic (exact) mass is 376 g/mol. The van der Waals surface area contributed by atoms with E-state index in [4.69, 9.17) is 4.74 Å². The van der Waals surface area contributed by atoms with Crippen LogP contribution in [0.15, 0.2) is 54.6 Å². The molecule has 0 N–H and O–H groups in total. The molecular weight excluding hydrogens is 360 g/mol. The summed E-state index contributed by atoms with van der Waals surface area (Å²) in [5.74, 6) is 7.60. The quantitative estimate of drug-likeness (QED) is 0.491. The minimum atomic E-state index is -0.410. The van der Waals surface area contributed by atoms with E-state index in [1.54, 1.807) is 0 Å². The molecule has 98 valence electrons. The van der Waals surface area contributed by atoms with Crippen molar-refractivity contribution in [2.24, 2.45) is 0 Å². The second-order valence-electron chi connectivity index (χ2n) is 4.31. The van der Waals surface area contributed by atoms with E-state index in [0.29, 0.717) is 6.61 Å². The zero-order valence-corrected chi connectivity index (χ0v) is 13.6. The van der Waals surface area contributed by atoms with E-state index >= 15 is 0 Å². The third-order valence-electron chi connectivity index (χ3n) is 2.93. The summed E-state index contributed by atoms with van der Waals surface area (Å²) >= 11 is -0.410. The molecule has 3 rings (SSSR count). The van der Waals surface area contributed by atoms with Gasteiger partial charge in [0.15, 0.2) is 0 Å². The van der Waals surface area contributed by atoms with E-state index in [2.05, 4.69) is 36.1 Å². The number of hydrogen-bond acceptors (Lipinski definition) is 1. The van der Waals surface area contributed by atoms with Crippen LogP contribution in [0.3, 0.4) is 0 Å². The topological polar surface area (TPSA) is 9.23 Å². The zero-order valence-electron chi connectivity index (χ0n) is 11.2. The van der Waals surface area contributed by atoms with Crippen LogP contribution in [0.5, 0.6) is 5.75 Å². The first-order valence-electron chi connectivity index (χ1n) is 6.60. The molecule has 0 atom stereocenters. The summed E-state index contributed by atoms with van der Waals surface area (Å²) in [6.45, 7) is 2.71. The van der Waals surface area contributed by atoms with Crippen molar-refractivity contribution in [2.45, 2.75) is 6.92 Å². The van der Waals surface area contributed by atoms with Crippen LogP contribution in [-0.4, -0.2) is 27.0 Å². The van der Waals surface area contributed by atoms with Crippen LogP contribution in [0.1, 0.15) is 16.1 Å². The summed E-state index contributed by atoms with van der Waals surface area (Å²) in [5, 5.41) is 1.24. The van der Waals surface area contributed by atoms with Crippen LogP contribution in [0.4, 0.5) is 0 Å². The Morgan fingerprint density at radius 2 is 1.70 bits per heavy atom. The molecule has 1 aromatic heterocycles. The predicted molar refractivity (Wildman–Crippen MR) is 84.5 cm³/mol. The molecule has 0 unspecified atom stereocenters. The van der Waals surface area contributed by atoms with Gasteiger partial charge in [-0.05, 0) is 0 Å². The van der Waals surface area contributed by atoms with Crippen molar-refractivity contribution in [1.82, 2.24) is 0 Å². The Morgan fingerprint density at radius 1 is 0.950 bits per heavy atom. The van der Waals surface area contributed by atoms with Gasteiger partial charge in [-0.2, -0.15) is 0 Å². The Bertz CT molecular complexity index is 775. The van der Waals surface area contributed by atoms with Gasteiger partial charge in [-0.3, -0.25) is 0 Å². The summed E-state index contributed by atoms with van der Waals surface area (Å²) in [7, 11) is 0. The first kappa shape index (κ1) is 13.3. The van der Waals surface area contributed by atoms with E-state index < -0.39 is 20.4 Å². The molecule has 0 bridgehead atoms. The molecule has 2 aromatic carbocycles. The summed E-state index contributed by atoms with van der Waals surface area (Å²) in [4.78, 5) is 0. The first-order valence-corrected chi connectivity index (χ1v) is 8.93. The molecule has 0 radical (unpaired) electrons. The van der Waals surface area contributed by atoms with Crippen LogP contribution in [-0.2, 0) is 0 Å². The van der Waals surface area contributed by atoms with Crippen molar-refractivity contribution < 1.29 is 4.74 Å². The van der Waals surface area contributed by atoms with Gasteiger partial charge in [0.05, 0.1) is 0 Å². The maximum absolute atomic E-state index is 5.84. The second-order valence-corrected chi connectivity index (χ2v) is 7.31. The van der Waals surface area contributed by atoms with Gasteiger partial charge in [0.1, 0.15) is 0 Å². The average molecular weight is 374 g/mol. The number of benzene rings is 2. The molecule has 0 aliphatic carbocycles. The fourth-order valence-corrected chi connectivity index (χ4v) is 4.90. The first-order chi connectivity index (χ1) is 9.88. The Morgan fingerprint density at radius 3 is 2.50 bits per heavy atom. The fourth-order valence-electron chi connectivity index (χ4n) is 2.04. The van der Waals surface area contributed by atoms with Gasteiger partial charge in [-0.1, -0.05) is 0 Å². The van der Waals surface area contributed by atoms with E-state index in [1.165, 1.54) is 12.4 Å². The number of ether oxygens (including phenoxy) is 1. The van der Waals surface area contributed by atoms with Gasteiger partial charge < -0.3 is 0 Å². The van der Waals surface area contributed by atoms with E-state index in [0.717, 1.165) is 11.3 Å². The molecule has 2 heteroatoms. The van der Waals surface area contributed by atoms with Crippen molar-refractivity contribution >= 4 is 29.2 Å². The van der Waals surface area contributed by atoms with Gasteiger partial charge in [0.2, 0.25) is 0 Å². The Kier molecular flexibility index (Phi) is 4.12. The van der Waals surface area contributed by atoms with Crippen molar-refractivity contribution in [2.75, 3.05) is 6.61 Å². The zero-order chi connectivity index (χ0) is 13.8. The van der Waals surface area contributed by atoms with Crippen molar-refractivity contribution in [3.05, 3.63) is 63.7 Å². The average Bonchev–Trinajstić information content (AvgIpc) is 2.85. The van der Waals surface area contributed by atoms with Crippen LogP contribution >= 0.6 is 0 Å². The normalized spacial score (nSPS) is 10.1.